The quantitative estimate of drug-likeness (QED) is 0.718. The summed E-state index contributed by atoms with van der Waals surface area (Å²) in [6.45, 7) is 0. The highest BCUT2D eigenvalue weighted by atomic mass is 15.2. The number of rotatable bonds is 1. The lowest BCUT2D eigenvalue weighted by Gasteiger charge is -2.13. The molecular weight excluding hydrogens is 184 g/mol. The average Bonchev–Trinajstić information content (AvgIpc) is 2.74. The summed E-state index contributed by atoms with van der Waals surface area (Å²) in [5, 5.41) is 7.12. The number of allylic oxidation sites excluding steroid dienone is 2. The maximum atomic E-state index is 3.56. The third-order valence-corrected chi connectivity index (χ3v) is 2.99. The maximum Gasteiger partial charge on any atom is 0.0845 e. The lowest BCUT2D eigenvalue weighted by Crippen LogP contribution is -2.30. The van der Waals surface area contributed by atoms with Crippen molar-refractivity contribution in [2.75, 3.05) is 0 Å². The topological polar surface area (TPSA) is 24.1 Å². The lowest BCUT2D eigenvalue weighted by molar-refractivity contribution is 0.568. The van der Waals surface area contributed by atoms with Crippen molar-refractivity contribution in [3.8, 4) is 0 Å². The van der Waals surface area contributed by atoms with Crippen molar-refractivity contribution in [3.63, 3.8) is 0 Å². The Morgan fingerprint density at radius 3 is 2.00 bits per heavy atom. The fraction of sp³-hybridized carbons (Fsp3) is 0.231. The minimum atomic E-state index is 0.272. The molecule has 1 aliphatic heterocycles. The summed E-state index contributed by atoms with van der Waals surface area (Å²) in [6.07, 6.45) is 8.89. The van der Waals surface area contributed by atoms with Gasteiger partial charge in [0.05, 0.1) is 6.17 Å². The van der Waals surface area contributed by atoms with Gasteiger partial charge in [-0.15, -0.1) is 0 Å². The van der Waals surface area contributed by atoms with Crippen LogP contribution in [0.4, 0.5) is 0 Å². The van der Waals surface area contributed by atoms with Crippen LogP contribution in [0.2, 0.25) is 0 Å². The monoisotopic (exact) mass is 198 g/mol. The second-order valence-electron chi connectivity index (χ2n) is 4.00. The van der Waals surface area contributed by atoms with E-state index >= 15 is 0 Å². The Labute approximate surface area is 89.7 Å². The molecule has 0 saturated carbocycles. The molecule has 0 spiro atoms. The Morgan fingerprint density at radius 2 is 1.40 bits per heavy atom. The number of nitrogens with one attached hydrogen (secondary N) is 2. The second-order valence-corrected chi connectivity index (χ2v) is 4.00. The van der Waals surface area contributed by atoms with Crippen LogP contribution in [0.1, 0.15) is 11.7 Å². The SMILES string of the molecule is C1=CC2NC(c3ccccc3)NC2C=C1. The van der Waals surface area contributed by atoms with E-state index in [2.05, 4.69) is 59.2 Å². The van der Waals surface area contributed by atoms with E-state index in [1.54, 1.807) is 0 Å². The van der Waals surface area contributed by atoms with Gasteiger partial charge in [0, 0.05) is 12.1 Å². The Balaban J connectivity index is 1.82. The van der Waals surface area contributed by atoms with Crippen LogP contribution in [-0.2, 0) is 0 Å². The van der Waals surface area contributed by atoms with Gasteiger partial charge in [-0.05, 0) is 5.56 Å². The summed E-state index contributed by atoms with van der Waals surface area (Å²) >= 11 is 0. The fourth-order valence-corrected chi connectivity index (χ4v) is 2.20. The minimum Gasteiger partial charge on any atom is -0.290 e. The van der Waals surface area contributed by atoms with Crippen molar-refractivity contribution in [2.45, 2.75) is 18.2 Å². The van der Waals surface area contributed by atoms with Crippen molar-refractivity contribution in [1.82, 2.24) is 10.6 Å². The summed E-state index contributed by atoms with van der Waals surface area (Å²) < 4.78 is 0. The van der Waals surface area contributed by atoms with Crippen LogP contribution in [0, 0.1) is 0 Å². The molecule has 2 aliphatic rings. The normalized spacial score (nSPS) is 32.9. The van der Waals surface area contributed by atoms with E-state index in [9.17, 15) is 0 Å². The van der Waals surface area contributed by atoms with Gasteiger partial charge in [-0.25, -0.2) is 0 Å². The zero-order chi connectivity index (χ0) is 10.1. The highest BCUT2D eigenvalue weighted by molar-refractivity contribution is 5.27. The number of fused-ring (bicyclic) bond motifs is 1. The van der Waals surface area contributed by atoms with Gasteiger partial charge in [0.15, 0.2) is 0 Å². The average molecular weight is 198 g/mol. The third kappa shape index (κ3) is 1.62. The first-order chi connectivity index (χ1) is 7.43. The van der Waals surface area contributed by atoms with E-state index in [0.717, 1.165) is 0 Å². The molecule has 0 amide bonds. The molecule has 1 saturated heterocycles. The molecule has 76 valence electrons. The van der Waals surface area contributed by atoms with Crippen LogP contribution in [0.5, 0.6) is 0 Å². The third-order valence-electron chi connectivity index (χ3n) is 2.99. The molecule has 0 radical (unpaired) electrons. The van der Waals surface area contributed by atoms with E-state index in [1.165, 1.54) is 5.56 Å². The molecule has 0 bridgehead atoms. The number of hydrogen-bond donors (Lipinski definition) is 2. The molecule has 1 aliphatic carbocycles. The van der Waals surface area contributed by atoms with E-state index in [-0.39, 0.29) is 6.17 Å². The van der Waals surface area contributed by atoms with Crippen LogP contribution in [0.25, 0.3) is 0 Å². The second kappa shape index (κ2) is 3.65. The summed E-state index contributed by atoms with van der Waals surface area (Å²) in [5.74, 6) is 0. The molecule has 2 atom stereocenters. The first-order valence-electron chi connectivity index (χ1n) is 5.35. The molecule has 2 N–H and O–H groups in total. The van der Waals surface area contributed by atoms with Crippen LogP contribution in [-0.4, -0.2) is 12.1 Å². The van der Waals surface area contributed by atoms with Crippen LogP contribution in [0.15, 0.2) is 54.6 Å². The first kappa shape index (κ1) is 8.89. The van der Waals surface area contributed by atoms with Gasteiger partial charge in [0.25, 0.3) is 0 Å². The zero-order valence-electron chi connectivity index (χ0n) is 8.43. The van der Waals surface area contributed by atoms with E-state index in [0.29, 0.717) is 12.1 Å². The van der Waals surface area contributed by atoms with Crippen LogP contribution < -0.4 is 10.6 Å². The Hall–Kier alpha value is -1.38. The molecule has 1 aromatic carbocycles. The highest BCUT2D eigenvalue weighted by Gasteiger charge is 2.30. The van der Waals surface area contributed by atoms with Crippen molar-refractivity contribution >= 4 is 0 Å². The standard InChI is InChI=1S/C13H14N2/c1-2-6-10(7-3-1)13-14-11-8-4-5-9-12(11)15-13/h1-9,11-15H. The van der Waals surface area contributed by atoms with Crippen LogP contribution in [0.3, 0.4) is 0 Å². The Bertz CT molecular complexity index is 374. The minimum absolute atomic E-state index is 0.272. The largest absolute Gasteiger partial charge is 0.290 e. The lowest BCUT2D eigenvalue weighted by atomic mass is 10.1. The van der Waals surface area contributed by atoms with Gasteiger partial charge >= 0.3 is 0 Å². The number of hydrogen-bond acceptors (Lipinski definition) is 2. The molecule has 1 fully saturated rings. The number of benzene rings is 1. The highest BCUT2D eigenvalue weighted by Crippen LogP contribution is 2.21. The smallest absolute Gasteiger partial charge is 0.0845 e. The predicted molar refractivity (Wildman–Crippen MR) is 61.3 cm³/mol. The van der Waals surface area contributed by atoms with E-state index in [1.807, 2.05) is 6.07 Å². The fourth-order valence-electron chi connectivity index (χ4n) is 2.20. The van der Waals surface area contributed by atoms with Crippen molar-refractivity contribution < 1.29 is 0 Å². The van der Waals surface area contributed by atoms with Crippen molar-refractivity contribution in [1.29, 1.82) is 0 Å². The van der Waals surface area contributed by atoms with Gasteiger partial charge in [-0.1, -0.05) is 54.6 Å². The molecule has 15 heavy (non-hydrogen) atoms. The maximum absolute atomic E-state index is 3.56. The molecule has 1 aromatic rings. The first-order valence-corrected chi connectivity index (χ1v) is 5.35. The van der Waals surface area contributed by atoms with Gasteiger partial charge in [-0.2, -0.15) is 0 Å². The summed E-state index contributed by atoms with van der Waals surface area (Å²) in [5.41, 5.74) is 1.30. The summed E-state index contributed by atoms with van der Waals surface area (Å²) in [6, 6.07) is 11.4. The Kier molecular flexibility index (Phi) is 2.16. The summed E-state index contributed by atoms with van der Waals surface area (Å²) in [7, 11) is 0. The summed E-state index contributed by atoms with van der Waals surface area (Å²) in [4.78, 5) is 0. The molecule has 2 nitrogen and oxygen atoms in total. The Morgan fingerprint density at radius 1 is 0.800 bits per heavy atom. The molecule has 3 rings (SSSR count). The molecular formula is C13H14N2. The molecule has 1 heterocycles. The van der Waals surface area contributed by atoms with E-state index in [4.69, 9.17) is 0 Å². The van der Waals surface area contributed by atoms with Gasteiger partial charge in [0.2, 0.25) is 0 Å². The van der Waals surface area contributed by atoms with Crippen molar-refractivity contribution in [3.05, 3.63) is 60.2 Å². The van der Waals surface area contributed by atoms with E-state index < -0.39 is 0 Å². The zero-order valence-corrected chi connectivity index (χ0v) is 8.43. The van der Waals surface area contributed by atoms with Gasteiger partial charge in [-0.3, -0.25) is 10.6 Å². The van der Waals surface area contributed by atoms with Crippen molar-refractivity contribution in [2.24, 2.45) is 0 Å². The van der Waals surface area contributed by atoms with Gasteiger partial charge < -0.3 is 0 Å². The predicted octanol–water partition coefficient (Wildman–Crippen LogP) is 1.74. The van der Waals surface area contributed by atoms with Crippen LogP contribution >= 0.6 is 0 Å². The molecule has 2 unspecified atom stereocenters. The molecule has 2 heteroatoms. The van der Waals surface area contributed by atoms with Gasteiger partial charge in [0.1, 0.15) is 0 Å². The molecule has 0 aromatic heterocycles.